The third-order valence-corrected chi connectivity index (χ3v) is 3.97. The van der Waals surface area contributed by atoms with Gasteiger partial charge in [-0.2, -0.15) is 5.10 Å². The zero-order valence-electron chi connectivity index (χ0n) is 15.0. The van der Waals surface area contributed by atoms with Crippen LogP contribution in [0.15, 0.2) is 24.3 Å². The number of esters is 1. The number of ether oxygens (including phenoxy) is 1. The van der Waals surface area contributed by atoms with Gasteiger partial charge in [-0.1, -0.05) is 25.4 Å². The van der Waals surface area contributed by atoms with Crippen molar-refractivity contribution in [3.05, 3.63) is 46.5 Å². The quantitative estimate of drug-likeness (QED) is 0.779. The second-order valence-electron chi connectivity index (χ2n) is 6.33. The standard InChI is InChI=1S/C18H21ClFN3O3/c1-10(2)9-21-17(24)12(4)26-18(25)15-11(3)22-23(16(15)19)14-7-5-13(20)6-8-14/h5-8,10,12H,9H2,1-4H3,(H,21,24). The molecule has 2 rings (SSSR count). The first kappa shape index (κ1) is 19.9. The first-order valence-corrected chi connectivity index (χ1v) is 8.58. The van der Waals surface area contributed by atoms with Crippen LogP contribution < -0.4 is 5.32 Å². The number of aryl methyl sites for hydroxylation is 1. The van der Waals surface area contributed by atoms with Crippen LogP contribution in [0.25, 0.3) is 5.69 Å². The van der Waals surface area contributed by atoms with Gasteiger partial charge >= 0.3 is 5.97 Å². The summed E-state index contributed by atoms with van der Waals surface area (Å²) in [6.07, 6.45) is -0.967. The summed E-state index contributed by atoms with van der Waals surface area (Å²) < 4.78 is 19.6. The topological polar surface area (TPSA) is 73.2 Å². The summed E-state index contributed by atoms with van der Waals surface area (Å²) in [4.78, 5) is 24.4. The number of rotatable bonds is 6. The van der Waals surface area contributed by atoms with Crippen molar-refractivity contribution in [3.8, 4) is 5.69 Å². The largest absolute Gasteiger partial charge is 0.449 e. The highest BCUT2D eigenvalue weighted by Gasteiger charge is 2.26. The van der Waals surface area contributed by atoms with E-state index in [-0.39, 0.29) is 22.5 Å². The highest BCUT2D eigenvalue weighted by Crippen LogP contribution is 2.24. The van der Waals surface area contributed by atoms with E-state index in [9.17, 15) is 14.0 Å². The van der Waals surface area contributed by atoms with Crippen molar-refractivity contribution in [1.82, 2.24) is 15.1 Å². The normalized spacial score (nSPS) is 12.1. The molecule has 8 heteroatoms. The van der Waals surface area contributed by atoms with E-state index in [1.54, 1.807) is 6.92 Å². The Morgan fingerprint density at radius 3 is 2.46 bits per heavy atom. The molecule has 140 valence electrons. The number of carbonyl (C=O) groups excluding carboxylic acids is 2. The van der Waals surface area contributed by atoms with Crippen LogP contribution in [0.5, 0.6) is 0 Å². The van der Waals surface area contributed by atoms with Crippen molar-refractivity contribution in [1.29, 1.82) is 0 Å². The fourth-order valence-electron chi connectivity index (χ4n) is 2.21. The van der Waals surface area contributed by atoms with E-state index >= 15 is 0 Å². The first-order valence-electron chi connectivity index (χ1n) is 8.20. The number of nitrogens with one attached hydrogen (secondary N) is 1. The van der Waals surface area contributed by atoms with E-state index in [1.165, 1.54) is 35.9 Å². The van der Waals surface area contributed by atoms with Crippen molar-refractivity contribution in [2.45, 2.75) is 33.8 Å². The molecule has 1 heterocycles. The van der Waals surface area contributed by atoms with Gasteiger partial charge < -0.3 is 10.1 Å². The van der Waals surface area contributed by atoms with Gasteiger partial charge in [0.1, 0.15) is 16.5 Å². The van der Waals surface area contributed by atoms with E-state index < -0.39 is 17.9 Å². The molecule has 26 heavy (non-hydrogen) atoms. The number of nitrogens with zero attached hydrogens (tertiary/aromatic N) is 2. The van der Waals surface area contributed by atoms with E-state index in [1.807, 2.05) is 13.8 Å². The molecule has 0 radical (unpaired) electrons. The summed E-state index contributed by atoms with van der Waals surface area (Å²) in [6, 6.07) is 5.51. The number of benzene rings is 1. The number of amides is 1. The molecule has 0 fully saturated rings. The molecule has 0 saturated heterocycles. The molecule has 2 aromatic rings. The molecule has 0 bridgehead atoms. The lowest BCUT2D eigenvalue weighted by Crippen LogP contribution is -2.37. The van der Waals surface area contributed by atoms with Crippen LogP contribution in [0.2, 0.25) is 5.15 Å². The molecular formula is C18H21ClFN3O3. The third kappa shape index (κ3) is 4.60. The molecule has 1 atom stereocenters. The maximum Gasteiger partial charge on any atom is 0.344 e. The number of aromatic nitrogens is 2. The molecular weight excluding hydrogens is 361 g/mol. The Bertz CT molecular complexity index is 803. The van der Waals surface area contributed by atoms with E-state index in [0.717, 1.165) is 0 Å². The average Bonchev–Trinajstić information content (AvgIpc) is 2.87. The Kier molecular flexibility index (Phi) is 6.37. The van der Waals surface area contributed by atoms with Crippen molar-refractivity contribution in [3.63, 3.8) is 0 Å². The van der Waals surface area contributed by atoms with E-state index in [2.05, 4.69) is 10.4 Å². The number of carbonyl (C=O) groups is 2. The van der Waals surface area contributed by atoms with E-state index in [0.29, 0.717) is 17.9 Å². The summed E-state index contributed by atoms with van der Waals surface area (Å²) >= 11 is 6.27. The van der Waals surface area contributed by atoms with Crippen molar-refractivity contribution in [2.24, 2.45) is 5.92 Å². The lowest BCUT2D eigenvalue weighted by molar-refractivity contribution is -0.129. The Labute approximate surface area is 156 Å². The minimum absolute atomic E-state index is 0.0360. The predicted molar refractivity (Wildman–Crippen MR) is 96.0 cm³/mol. The molecule has 1 N–H and O–H groups in total. The summed E-state index contributed by atoms with van der Waals surface area (Å²) in [5.74, 6) is -1.23. The summed E-state index contributed by atoms with van der Waals surface area (Å²) in [5.41, 5.74) is 0.917. The number of hydrogen-bond donors (Lipinski definition) is 1. The van der Waals surface area contributed by atoms with Gasteiger partial charge in [0.2, 0.25) is 0 Å². The van der Waals surface area contributed by atoms with Crippen LogP contribution in [0, 0.1) is 18.7 Å². The Morgan fingerprint density at radius 1 is 1.27 bits per heavy atom. The number of hydrogen-bond acceptors (Lipinski definition) is 4. The fraction of sp³-hybridized carbons (Fsp3) is 0.389. The van der Waals surface area contributed by atoms with Crippen molar-refractivity contribution < 1.29 is 18.7 Å². The Hall–Kier alpha value is -2.41. The lowest BCUT2D eigenvalue weighted by atomic mass is 10.2. The van der Waals surface area contributed by atoms with Gasteiger partial charge in [-0.05, 0) is 44.0 Å². The Balaban J connectivity index is 2.17. The minimum Gasteiger partial charge on any atom is -0.449 e. The van der Waals surface area contributed by atoms with Gasteiger partial charge in [0, 0.05) is 6.54 Å². The van der Waals surface area contributed by atoms with Gasteiger partial charge in [0.25, 0.3) is 5.91 Å². The Morgan fingerprint density at radius 2 is 1.88 bits per heavy atom. The lowest BCUT2D eigenvalue weighted by Gasteiger charge is -2.14. The predicted octanol–water partition coefficient (Wildman–Crippen LogP) is 3.29. The zero-order chi connectivity index (χ0) is 19.4. The summed E-state index contributed by atoms with van der Waals surface area (Å²) in [5, 5.41) is 6.94. The molecule has 0 aliphatic carbocycles. The van der Waals surface area contributed by atoms with E-state index in [4.69, 9.17) is 16.3 Å². The molecule has 0 spiro atoms. The highest BCUT2D eigenvalue weighted by atomic mass is 35.5. The second-order valence-corrected chi connectivity index (χ2v) is 6.68. The molecule has 1 aromatic heterocycles. The van der Waals surface area contributed by atoms with Gasteiger partial charge in [-0.3, -0.25) is 4.79 Å². The molecule has 1 unspecified atom stereocenters. The second kappa shape index (κ2) is 8.31. The molecule has 0 aliphatic heterocycles. The molecule has 1 amide bonds. The molecule has 0 aliphatic rings. The monoisotopic (exact) mass is 381 g/mol. The highest BCUT2D eigenvalue weighted by molar-refractivity contribution is 6.33. The van der Waals surface area contributed by atoms with Gasteiger partial charge in [0.15, 0.2) is 6.10 Å². The van der Waals surface area contributed by atoms with Gasteiger partial charge in [-0.25, -0.2) is 13.9 Å². The molecule has 1 aromatic carbocycles. The van der Waals surface area contributed by atoms with Crippen LogP contribution >= 0.6 is 11.6 Å². The van der Waals surface area contributed by atoms with Crippen molar-refractivity contribution in [2.75, 3.05) is 6.54 Å². The van der Waals surface area contributed by atoms with Gasteiger partial charge in [0.05, 0.1) is 11.4 Å². The minimum atomic E-state index is -0.967. The maximum absolute atomic E-state index is 13.1. The van der Waals surface area contributed by atoms with Crippen LogP contribution in [-0.2, 0) is 9.53 Å². The summed E-state index contributed by atoms with van der Waals surface area (Å²) in [6.45, 7) is 7.50. The van der Waals surface area contributed by atoms with Crippen LogP contribution in [0.3, 0.4) is 0 Å². The van der Waals surface area contributed by atoms with Gasteiger partial charge in [-0.15, -0.1) is 0 Å². The smallest absolute Gasteiger partial charge is 0.344 e. The van der Waals surface area contributed by atoms with Crippen LogP contribution in [-0.4, -0.2) is 34.3 Å². The van der Waals surface area contributed by atoms with Crippen LogP contribution in [0.4, 0.5) is 4.39 Å². The maximum atomic E-state index is 13.1. The molecule has 0 saturated carbocycles. The van der Waals surface area contributed by atoms with Crippen molar-refractivity contribution >= 4 is 23.5 Å². The fourth-order valence-corrected chi connectivity index (χ4v) is 2.56. The SMILES string of the molecule is Cc1nn(-c2ccc(F)cc2)c(Cl)c1C(=O)OC(C)C(=O)NCC(C)C. The first-order chi connectivity index (χ1) is 12.2. The third-order valence-electron chi connectivity index (χ3n) is 3.62. The average molecular weight is 382 g/mol. The summed E-state index contributed by atoms with van der Waals surface area (Å²) in [7, 11) is 0. The van der Waals surface area contributed by atoms with Crippen LogP contribution in [0.1, 0.15) is 36.8 Å². The number of halogens is 2. The molecule has 6 nitrogen and oxygen atoms in total. The zero-order valence-corrected chi connectivity index (χ0v) is 15.8.